The summed E-state index contributed by atoms with van der Waals surface area (Å²) in [4.78, 5) is 12.6. The molecule has 4 rings (SSSR count). The van der Waals surface area contributed by atoms with Crippen LogP contribution in [0.15, 0.2) is 0 Å². The number of carboxylic acid groups (broad SMARTS) is 1. The lowest BCUT2D eigenvalue weighted by atomic mass is 9.55. The number of nitrogens with zero attached hydrogens (tertiary/aromatic N) is 1. The second-order valence-corrected chi connectivity index (χ2v) is 5.74. The number of hydrogen-bond donors (Lipinski definition) is 1. The van der Waals surface area contributed by atoms with Gasteiger partial charge in [0.15, 0.2) is 0 Å². The Bertz CT molecular complexity index is 283. The Kier molecular flexibility index (Phi) is 1.98. The van der Waals surface area contributed by atoms with Gasteiger partial charge in [0.2, 0.25) is 0 Å². The zero-order valence-electron chi connectivity index (χ0n) is 9.11. The molecule has 15 heavy (non-hydrogen) atoms. The van der Waals surface area contributed by atoms with Gasteiger partial charge in [-0.3, -0.25) is 0 Å². The summed E-state index contributed by atoms with van der Waals surface area (Å²) in [6, 6.07) is 0. The molecule has 0 radical (unpaired) electrons. The fourth-order valence-electron chi connectivity index (χ4n) is 4.28. The quantitative estimate of drug-likeness (QED) is 0.666. The number of fused-ring (bicyclic) bond motifs is 2. The Labute approximate surface area is 90.5 Å². The van der Waals surface area contributed by atoms with E-state index >= 15 is 0 Å². The third-order valence-electron chi connectivity index (χ3n) is 5.06. The molecule has 4 aliphatic rings. The van der Waals surface area contributed by atoms with Crippen LogP contribution < -0.4 is 0 Å². The van der Waals surface area contributed by atoms with E-state index in [-0.39, 0.29) is 0 Å². The summed E-state index contributed by atoms with van der Waals surface area (Å²) in [5.41, 5.74) is 0.388. The van der Waals surface area contributed by atoms with Crippen LogP contribution in [0.3, 0.4) is 0 Å². The van der Waals surface area contributed by atoms with Crippen LogP contribution in [0, 0.1) is 17.3 Å². The van der Waals surface area contributed by atoms with Gasteiger partial charge in [-0.25, -0.2) is 4.79 Å². The zero-order valence-corrected chi connectivity index (χ0v) is 9.11. The molecule has 1 unspecified atom stereocenters. The maximum Gasteiger partial charge on any atom is 0.407 e. The highest BCUT2D eigenvalue weighted by Gasteiger charge is 2.51. The van der Waals surface area contributed by atoms with Crippen LogP contribution in [0.25, 0.3) is 0 Å². The van der Waals surface area contributed by atoms with Crippen LogP contribution in [-0.2, 0) is 0 Å². The Morgan fingerprint density at radius 1 is 1.27 bits per heavy atom. The Balaban J connectivity index is 1.78. The Hall–Kier alpha value is -0.730. The standard InChI is InChI=1S/C12H19NO2/c14-11(15)13-6-5-12(8-13)7-9-1-3-10(12)4-2-9/h9-10H,1-8H2,(H,14,15). The predicted molar refractivity (Wildman–Crippen MR) is 56.7 cm³/mol. The molecule has 1 N–H and O–H groups in total. The lowest BCUT2D eigenvalue weighted by Crippen LogP contribution is -2.44. The lowest BCUT2D eigenvalue weighted by molar-refractivity contribution is 0.00953. The van der Waals surface area contributed by atoms with Crippen molar-refractivity contribution in [2.45, 2.75) is 38.5 Å². The summed E-state index contributed by atoms with van der Waals surface area (Å²) in [5.74, 6) is 1.73. The summed E-state index contributed by atoms with van der Waals surface area (Å²) in [7, 11) is 0. The summed E-state index contributed by atoms with van der Waals surface area (Å²) in [6.45, 7) is 1.60. The van der Waals surface area contributed by atoms with Crippen LogP contribution in [0.5, 0.6) is 0 Å². The van der Waals surface area contributed by atoms with E-state index in [0.29, 0.717) is 5.41 Å². The maximum absolute atomic E-state index is 11.0. The van der Waals surface area contributed by atoms with Crippen molar-refractivity contribution in [3.63, 3.8) is 0 Å². The number of likely N-dealkylation sites (tertiary alicyclic amines) is 1. The minimum atomic E-state index is -0.715. The van der Waals surface area contributed by atoms with E-state index in [1.54, 1.807) is 4.90 Å². The molecule has 1 amide bonds. The fourth-order valence-corrected chi connectivity index (χ4v) is 4.28. The SMILES string of the molecule is O=C(O)N1CCC2(CC3CCC2CC3)C1. The van der Waals surface area contributed by atoms with Gasteiger partial charge >= 0.3 is 6.09 Å². The molecule has 1 atom stereocenters. The summed E-state index contributed by atoms with van der Waals surface area (Å²) in [5, 5.41) is 9.02. The second-order valence-electron chi connectivity index (χ2n) is 5.74. The third-order valence-corrected chi connectivity index (χ3v) is 5.06. The number of rotatable bonds is 0. The van der Waals surface area contributed by atoms with Crippen molar-refractivity contribution in [3.8, 4) is 0 Å². The van der Waals surface area contributed by atoms with Crippen LogP contribution >= 0.6 is 0 Å². The van der Waals surface area contributed by atoms with Gasteiger partial charge in [-0.15, -0.1) is 0 Å². The number of hydrogen-bond acceptors (Lipinski definition) is 1. The lowest BCUT2D eigenvalue weighted by Gasteiger charge is -2.50. The zero-order chi connectivity index (χ0) is 10.5. The minimum Gasteiger partial charge on any atom is -0.465 e. The molecule has 1 spiro atoms. The second kappa shape index (κ2) is 3.13. The van der Waals surface area contributed by atoms with Crippen molar-refractivity contribution in [1.29, 1.82) is 0 Å². The van der Waals surface area contributed by atoms with Crippen molar-refractivity contribution in [2.75, 3.05) is 13.1 Å². The van der Waals surface area contributed by atoms with Gasteiger partial charge in [-0.2, -0.15) is 0 Å². The highest BCUT2D eigenvalue weighted by atomic mass is 16.4. The highest BCUT2D eigenvalue weighted by Crippen LogP contribution is 2.56. The van der Waals surface area contributed by atoms with Crippen molar-refractivity contribution in [3.05, 3.63) is 0 Å². The smallest absolute Gasteiger partial charge is 0.407 e. The third kappa shape index (κ3) is 1.35. The Morgan fingerprint density at radius 3 is 2.47 bits per heavy atom. The molecule has 1 aliphatic heterocycles. The first kappa shape index (κ1) is 9.49. The first-order chi connectivity index (χ1) is 7.20. The van der Waals surface area contributed by atoms with Crippen LogP contribution in [-0.4, -0.2) is 29.2 Å². The van der Waals surface area contributed by atoms with Crippen LogP contribution in [0.1, 0.15) is 38.5 Å². The fraction of sp³-hybridized carbons (Fsp3) is 0.917. The molecule has 84 valence electrons. The van der Waals surface area contributed by atoms with Crippen molar-refractivity contribution in [2.24, 2.45) is 17.3 Å². The molecule has 2 bridgehead atoms. The first-order valence-corrected chi connectivity index (χ1v) is 6.17. The molecule has 1 heterocycles. The molecule has 3 saturated carbocycles. The normalized spacial score (nSPS) is 43.9. The highest BCUT2D eigenvalue weighted by molar-refractivity contribution is 5.65. The van der Waals surface area contributed by atoms with Crippen LogP contribution in [0.2, 0.25) is 0 Å². The summed E-state index contributed by atoms with van der Waals surface area (Å²) < 4.78 is 0. The largest absolute Gasteiger partial charge is 0.465 e. The number of carbonyl (C=O) groups is 1. The van der Waals surface area contributed by atoms with E-state index in [1.165, 1.54) is 32.1 Å². The van der Waals surface area contributed by atoms with Gasteiger partial charge < -0.3 is 10.0 Å². The van der Waals surface area contributed by atoms with E-state index < -0.39 is 6.09 Å². The summed E-state index contributed by atoms with van der Waals surface area (Å²) >= 11 is 0. The van der Waals surface area contributed by atoms with E-state index in [2.05, 4.69) is 0 Å². The van der Waals surface area contributed by atoms with Gasteiger partial charge in [0.25, 0.3) is 0 Å². The first-order valence-electron chi connectivity index (χ1n) is 6.17. The van der Waals surface area contributed by atoms with Gasteiger partial charge in [-0.1, -0.05) is 12.8 Å². The van der Waals surface area contributed by atoms with Crippen LogP contribution in [0.4, 0.5) is 4.79 Å². The minimum absolute atomic E-state index is 0.388. The van der Waals surface area contributed by atoms with Gasteiger partial charge in [-0.05, 0) is 42.9 Å². The number of amides is 1. The molecule has 3 heteroatoms. The van der Waals surface area contributed by atoms with Gasteiger partial charge in [0.05, 0.1) is 0 Å². The maximum atomic E-state index is 11.0. The molecule has 3 aliphatic carbocycles. The molecular weight excluding hydrogens is 190 g/mol. The molecule has 3 nitrogen and oxygen atoms in total. The molecular formula is C12H19NO2. The molecule has 1 saturated heterocycles. The van der Waals surface area contributed by atoms with Crippen molar-refractivity contribution >= 4 is 6.09 Å². The van der Waals surface area contributed by atoms with Crippen molar-refractivity contribution < 1.29 is 9.90 Å². The van der Waals surface area contributed by atoms with Gasteiger partial charge in [0, 0.05) is 13.1 Å². The molecule has 0 aromatic heterocycles. The van der Waals surface area contributed by atoms with E-state index in [9.17, 15) is 4.79 Å². The average molecular weight is 209 g/mol. The monoisotopic (exact) mass is 209 g/mol. The molecule has 4 fully saturated rings. The predicted octanol–water partition coefficient (Wildman–Crippen LogP) is 2.57. The molecule has 0 aromatic carbocycles. The topological polar surface area (TPSA) is 40.5 Å². The van der Waals surface area contributed by atoms with E-state index in [0.717, 1.165) is 31.3 Å². The molecule has 0 aromatic rings. The average Bonchev–Trinajstić information content (AvgIpc) is 2.64. The summed E-state index contributed by atoms with van der Waals surface area (Å²) in [6.07, 6.45) is 7.24. The Morgan fingerprint density at radius 2 is 2.00 bits per heavy atom. The van der Waals surface area contributed by atoms with Gasteiger partial charge in [0.1, 0.15) is 0 Å². The van der Waals surface area contributed by atoms with E-state index in [4.69, 9.17) is 5.11 Å². The van der Waals surface area contributed by atoms with Crippen molar-refractivity contribution in [1.82, 2.24) is 4.90 Å². The van der Waals surface area contributed by atoms with E-state index in [1.807, 2.05) is 0 Å².